The Labute approximate surface area is 395 Å². The summed E-state index contributed by atoms with van der Waals surface area (Å²) in [6.45, 7) is 6.36. The minimum absolute atomic E-state index is 0.0799. The van der Waals surface area contributed by atoms with Crippen molar-refractivity contribution in [3.63, 3.8) is 0 Å². The van der Waals surface area contributed by atoms with E-state index >= 15 is 0 Å². The van der Waals surface area contributed by atoms with Crippen molar-refractivity contribution < 1.29 is 28.6 Å². The van der Waals surface area contributed by atoms with Crippen LogP contribution in [0.2, 0.25) is 0 Å². The van der Waals surface area contributed by atoms with Crippen LogP contribution in [0.5, 0.6) is 0 Å². The molecule has 0 bridgehead atoms. The largest absolute Gasteiger partial charge is 0.462 e. The van der Waals surface area contributed by atoms with E-state index in [0.29, 0.717) is 19.3 Å². The molecule has 1 atom stereocenters. The van der Waals surface area contributed by atoms with Gasteiger partial charge in [-0.2, -0.15) is 0 Å². The summed E-state index contributed by atoms with van der Waals surface area (Å²) in [5.74, 6) is -0.908. The van der Waals surface area contributed by atoms with E-state index in [1.54, 1.807) is 0 Å². The molecule has 0 fully saturated rings. The van der Waals surface area contributed by atoms with Crippen LogP contribution in [0.25, 0.3) is 0 Å². The molecule has 64 heavy (non-hydrogen) atoms. The number of hydrogen-bond donors (Lipinski definition) is 0. The molecule has 0 saturated carbocycles. The van der Waals surface area contributed by atoms with Crippen LogP contribution in [0.15, 0.2) is 85.1 Å². The van der Waals surface area contributed by atoms with E-state index in [9.17, 15) is 14.4 Å². The predicted molar refractivity (Wildman–Crippen MR) is 274 cm³/mol. The molecule has 366 valence electrons. The molecule has 0 aliphatic carbocycles. The number of rotatable bonds is 47. The molecule has 0 aliphatic heterocycles. The summed E-state index contributed by atoms with van der Waals surface area (Å²) in [4.78, 5) is 37.5. The van der Waals surface area contributed by atoms with E-state index in [4.69, 9.17) is 14.2 Å². The van der Waals surface area contributed by atoms with Gasteiger partial charge in [0.25, 0.3) is 0 Å². The van der Waals surface area contributed by atoms with E-state index in [1.807, 2.05) is 0 Å². The molecule has 0 aromatic heterocycles. The Morgan fingerprint density at radius 2 is 0.641 bits per heavy atom. The lowest BCUT2D eigenvalue weighted by molar-refractivity contribution is -0.167. The molecule has 0 aromatic rings. The van der Waals surface area contributed by atoms with Gasteiger partial charge < -0.3 is 14.2 Å². The van der Waals surface area contributed by atoms with Crippen molar-refractivity contribution in [3.8, 4) is 0 Å². The molecule has 6 heteroatoms. The van der Waals surface area contributed by atoms with Crippen molar-refractivity contribution in [2.75, 3.05) is 13.2 Å². The first-order chi connectivity index (χ1) is 31.5. The average molecular weight is 891 g/mol. The molecular weight excluding hydrogens is 793 g/mol. The van der Waals surface area contributed by atoms with Gasteiger partial charge >= 0.3 is 17.9 Å². The fourth-order valence-electron chi connectivity index (χ4n) is 7.15. The first-order valence-electron chi connectivity index (χ1n) is 26.6. The number of carbonyl (C=O) groups excluding carboxylic acids is 3. The highest BCUT2D eigenvalue weighted by Crippen LogP contribution is 2.15. The summed E-state index contributed by atoms with van der Waals surface area (Å²) >= 11 is 0. The normalized spacial score (nSPS) is 12.7. The lowest BCUT2D eigenvalue weighted by atomic mass is 10.0. The topological polar surface area (TPSA) is 78.9 Å². The molecule has 6 nitrogen and oxygen atoms in total. The lowest BCUT2D eigenvalue weighted by Gasteiger charge is -2.18. The SMILES string of the molecule is CC/C=C\C/C=C\C/C=C\C/C=C\C/C=C\C/C=C\CCCCCCCCCCCCCCC(=O)OCC(COC(=O)CCCCCCC)OC(=O)CCCCCCC/C=C\CCC. The highest BCUT2D eigenvalue weighted by atomic mass is 16.6. The maximum atomic E-state index is 12.6. The average Bonchev–Trinajstić information content (AvgIpc) is 3.29. The second-order valence-corrected chi connectivity index (χ2v) is 17.4. The lowest BCUT2D eigenvalue weighted by Crippen LogP contribution is -2.30. The molecule has 0 aromatic carbocycles. The molecule has 0 aliphatic rings. The monoisotopic (exact) mass is 891 g/mol. The number of allylic oxidation sites excluding steroid dienone is 14. The van der Waals surface area contributed by atoms with Crippen molar-refractivity contribution in [3.05, 3.63) is 85.1 Å². The van der Waals surface area contributed by atoms with Crippen molar-refractivity contribution in [2.24, 2.45) is 0 Å². The number of carbonyl (C=O) groups is 3. The van der Waals surface area contributed by atoms with Crippen LogP contribution < -0.4 is 0 Å². The van der Waals surface area contributed by atoms with Crippen molar-refractivity contribution in [1.29, 1.82) is 0 Å². The summed E-state index contributed by atoms with van der Waals surface area (Å²) in [6, 6.07) is 0. The smallest absolute Gasteiger partial charge is 0.306 e. The second kappa shape index (κ2) is 52.2. The van der Waals surface area contributed by atoms with Crippen molar-refractivity contribution >= 4 is 17.9 Å². The summed E-state index contributed by atoms with van der Waals surface area (Å²) in [5.41, 5.74) is 0. The molecule has 0 amide bonds. The van der Waals surface area contributed by atoms with Gasteiger partial charge in [0.2, 0.25) is 0 Å². The Balaban J connectivity index is 3.97. The van der Waals surface area contributed by atoms with Gasteiger partial charge in [0.15, 0.2) is 6.10 Å². The van der Waals surface area contributed by atoms with E-state index in [2.05, 4.69) is 106 Å². The zero-order chi connectivity index (χ0) is 46.5. The van der Waals surface area contributed by atoms with Crippen molar-refractivity contribution in [1.82, 2.24) is 0 Å². The minimum atomic E-state index is -0.774. The quantitative estimate of drug-likeness (QED) is 0.0262. The Morgan fingerprint density at radius 3 is 1.03 bits per heavy atom. The first kappa shape index (κ1) is 60.6. The Hall–Kier alpha value is -3.41. The van der Waals surface area contributed by atoms with Gasteiger partial charge in [0.1, 0.15) is 13.2 Å². The molecule has 0 heterocycles. The standard InChI is InChI=1S/C58H98O6/c1-4-7-10-13-15-17-19-20-21-22-23-24-25-26-27-28-29-30-31-32-33-34-35-36-37-38-39-41-42-45-48-51-57(60)63-54-55(53-62-56(59)50-47-44-12-9-6-3)64-58(61)52-49-46-43-40-18-16-14-11-8-5-2/h7,10-11,14-15,17,20-21,23-24,26-27,29-30,55H,4-6,8-9,12-13,16,18-19,22,25,28,31-54H2,1-3H3/b10-7-,14-11-,17-15-,21-20-,24-23-,27-26-,30-29-. The highest BCUT2D eigenvalue weighted by molar-refractivity contribution is 5.71. The third-order valence-corrected chi connectivity index (χ3v) is 11.1. The molecule has 1 unspecified atom stereocenters. The fourth-order valence-corrected chi connectivity index (χ4v) is 7.15. The van der Waals surface area contributed by atoms with Crippen LogP contribution in [-0.4, -0.2) is 37.2 Å². The summed E-state index contributed by atoms with van der Waals surface area (Å²) in [7, 11) is 0. The Bertz CT molecular complexity index is 1250. The van der Waals surface area contributed by atoms with Gasteiger partial charge in [-0.3, -0.25) is 14.4 Å². The number of unbranched alkanes of at least 4 members (excludes halogenated alkanes) is 22. The summed E-state index contributed by atoms with van der Waals surface area (Å²) in [6.07, 6.45) is 67.7. The van der Waals surface area contributed by atoms with Crippen LogP contribution in [0, 0.1) is 0 Å². The van der Waals surface area contributed by atoms with Crippen LogP contribution in [-0.2, 0) is 28.6 Å². The predicted octanol–water partition coefficient (Wildman–Crippen LogP) is 17.6. The number of ether oxygens (including phenoxy) is 3. The highest BCUT2D eigenvalue weighted by Gasteiger charge is 2.19. The van der Waals surface area contributed by atoms with Gasteiger partial charge in [0.05, 0.1) is 0 Å². The summed E-state index contributed by atoms with van der Waals surface area (Å²) in [5, 5.41) is 0. The van der Waals surface area contributed by atoms with Gasteiger partial charge in [-0.25, -0.2) is 0 Å². The molecular formula is C58H98O6. The molecule has 0 radical (unpaired) electrons. The Kier molecular flexibility index (Phi) is 49.4. The maximum Gasteiger partial charge on any atom is 0.306 e. The maximum absolute atomic E-state index is 12.6. The molecule has 0 spiro atoms. The van der Waals surface area contributed by atoms with Crippen molar-refractivity contribution in [2.45, 2.75) is 252 Å². The molecule has 0 saturated heterocycles. The zero-order valence-electron chi connectivity index (χ0n) is 41.8. The van der Waals surface area contributed by atoms with Crippen LogP contribution >= 0.6 is 0 Å². The third-order valence-electron chi connectivity index (χ3n) is 11.1. The summed E-state index contributed by atoms with van der Waals surface area (Å²) < 4.78 is 16.6. The Morgan fingerprint density at radius 1 is 0.328 bits per heavy atom. The van der Waals surface area contributed by atoms with E-state index in [0.717, 1.165) is 122 Å². The fraction of sp³-hybridized carbons (Fsp3) is 0.707. The van der Waals surface area contributed by atoms with E-state index in [-0.39, 0.29) is 31.1 Å². The molecule has 0 N–H and O–H groups in total. The number of hydrogen-bond acceptors (Lipinski definition) is 6. The van der Waals surface area contributed by atoms with Gasteiger partial charge in [-0.1, -0.05) is 221 Å². The number of esters is 3. The van der Waals surface area contributed by atoms with Gasteiger partial charge in [0, 0.05) is 19.3 Å². The van der Waals surface area contributed by atoms with E-state index < -0.39 is 6.10 Å². The third kappa shape index (κ3) is 49.6. The first-order valence-corrected chi connectivity index (χ1v) is 26.6. The van der Waals surface area contributed by atoms with Crippen LogP contribution in [0.1, 0.15) is 245 Å². The van der Waals surface area contributed by atoms with Crippen LogP contribution in [0.4, 0.5) is 0 Å². The zero-order valence-corrected chi connectivity index (χ0v) is 41.8. The van der Waals surface area contributed by atoms with Gasteiger partial charge in [-0.15, -0.1) is 0 Å². The van der Waals surface area contributed by atoms with Crippen LogP contribution in [0.3, 0.4) is 0 Å². The second-order valence-electron chi connectivity index (χ2n) is 17.4. The van der Waals surface area contributed by atoms with Gasteiger partial charge in [-0.05, 0) is 89.9 Å². The van der Waals surface area contributed by atoms with E-state index in [1.165, 1.54) is 83.5 Å². The molecule has 0 rings (SSSR count). The minimum Gasteiger partial charge on any atom is -0.462 e.